The molecule has 0 aromatic carbocycles. The van der Waals surface area contributed by atoms with Gasteiger partial charge in [0.1, 0.15) is 6.61 Å². The lowest BCUT2D eigenvalue weighted by Crippen LogP contribution is -2.36. The molecular formula is C14H18N2O3S. The van der Waals surface area contributed by atoms with Gasteiger partial charge in [0.15, 0.2) is 0 Å². The predicted molar refractivity (Wildman–Crippen MR) is 77.5 cm³/mol. The van der Waals surface area contributed by atoms with E-state index in [1.807, 2.05) is 6.07 Å². The second-order valence-electron chi connectivity index (χ2n) is 4.58. The minimum atomic E-state index is -0.366. The fraction of sp³-hybridized carbons (Fsp3) is 0.500. The Kier molecular flexibility index (Phi) is 5.41. The van der Waals surface area contributed by atoms with Crippen molar-refractivity contribution in [3.63, 3.8) is 0 Å². The van der Waals surface area contributed by atoms with Gasteiger partial charge in [-0.25, -0.2) is 4.79 Å². The largest absolute Gasteiger partial charge is 0.453 e. The fourth-order valence-corrected chi connectivity index (χ4v) is 3.12. The van der Waals surface area contributed by atoms with E-state index < -0.39 is 0 Å². The molecular weight excluding hydrogens is 276 g/mol. The van der Waals surface area contributed by atoms with Crippen LogP contribution in [0.15, 0.2) is 12.1 Å². The molecule has 20 heavy (non-hydrogen) atoms. The van der Waals surface area contributed by atoms with Gasteiger partial charge < -0.3 is 15.2 Å². The Balaban J connectivity index is 1.83. The van der Waals surface area contributed by atoms with Crippen molar-refractivity contribution in [2.75, 3.05) is 26.8 Å². The molecule has 2 N–H and O–H groups in total. The molecule has 1 aliphatic rings. The maximum Gasteiger partial charge on any atom is 0.407 e. The van der Waals surface area contributed by atoms with E-state index >= 15 is 0 Å². The van der Waals surface area contributed by atoms with Gasteiger partial charge in [-0.1, -0.05) is 11.8 Å². The normalized spacial score (nSPS) is 18.4. The van der Waals surface area contributed by atoms with Crippen LogP contribution in [0.4, 0.5) is 4.79 Å². The van der Waals surface area contributed by atoms with E-state index in [4.69, 9.17) is 5.11 Å². The molecule has 1 saturated heterocycles. The lowest BCUT2D eigenvalue weighted by molar-refractivity contribution is 0.166. The molecule has 2 rings (SSSR count). The number of methoxy groups -OCH3 is 1. The SMILES string of the molecule is COC(=O)NC1CCN(Cc2ccc(C#CCO)s2)C1. The molecule has 1 fully saturated rings. The molecule has 0 spiro atoms. The molecule has 1 atom stereocenters. The average molecular weight is 294 g/mol. The van der Waals surface area contributed by atoms with Gasteiger partial charge in [0, 0.05) is 30.6 Å². The number of ether oxygens (including phenoxy) is 1. The highest BCUT2D eigenvalue weighted by Gasteiger charge is 2.24. The molecule has 108 valence electrons. The summed E-state index contributed by atoms with van der Waals surface area (Å²) in [6.07, 6.45) is 0.576. The van der Waals surface area contributed by atoms with Crippen molar-refractivity contribution < 1.29 is 14.6 Å². The summed E-state index contributed by atoms with van der Waals surface area (Å²) in [7, 11) is 1.38. The number of nitrogens with zero attached hydrogens (tertiary/aromatic N) is 1. The molecule has 0 aliphatic carbocycles. The van der Waals surface area contributed by atoms with Crippen LogP contribution < -0.4 is 5.32 Å². The second kappa shape index (κ2) is 7.29. The Labute approximate surface area is 122 Å². The molecule has 0 saturated carbocycles. The molecule has 1 aromatic heterocycles. The highest BCUT2D eigenvalue weighted by molar-refractivity contribution is 7.12. The minimum absolute atomic E-state index is 0.111. The highest BCUT2D eigenvalue weighted by Crippen LogP contribution is 2.20. The third-order valence-electron chi connectivity index (χ3n) is 3.11. The first-order valence-corrected chi connectivity index (χ1v) is 7.28. The molecule has 5 nitrogen and oxygen atoms in total. The summed E-state index contributed by atoms with van der Waals surface area (Å²) < 4.78 is 4.60. The van der Waals surface area contributed by atoms with Crippen molar-refractivity contribution in [3.05, 3.63) is 21.9 Å². The van der Waals surface area contributed by atoms with Crippen LogP contribution in [0.1, 0.15) is 16.2 Å². The Morgan fingerprint density at radius 3 is 3.25 bits per heavy atom. The number of hydrogen-bond acceptors (Lipinski definition) is 5. The number of aliphatic hydroxyl groups excluding tert-OH is 1. The lowest BCUT2D eigenvalue weighted by atomic mass is 10.3. The van der Waals surface area contributed by atoms with E-state index in [-0.39, 0.29) is 18.7 Å². The number of amides is 1. The summed E-state index contributed by atoms with van der Waals surface area (Å²) in [5, 5.41) is 11.5. The van der Waals surface area contributed by atoms with Crippen LogP contribution in [0, 0.1) is 11.8 Å². The molecule has 1 aromatic rings. The standard InChI is InChI=1S/C14H18N2O3S/c1-19-14(18)15-11-6-7-16(9-11)10-13-5-4-12(20-13)3-2-8-17/h4-5,11,17H,6-10H2,1H3,(H,15,18). The van der Waals surface area contributed by atoms with Gasteiger partial charge >= 0.3 is 6.09 Å². The van der Waals surface area contributed by atoms with Crippen molar-refractivity contribution in [2.45, 2.75) is 19.0 Å². The number of thiophene rings is 1. The summed E-state index contributed by atoms with van der Waals surface area (Å²) in [5.41, 5.74) is 0. The number of nitrogens with one attached hydrogen (secondary N) is 1. The van der Waals surface area contributed by atoms with E-state index in [0.717, 1.165) is 30.9 Å². The Morgan fingerprint density at radius 1 is 1.65 bits per heavy atom. The van der Waals surface area contributed by atoms with Crippen molar-refractivity contribution >= 4 is 17.4 Å². The van der Waals surface area contributed by atoms with Crippen LogP contribution in [0.2, 0.25) is 0 Å². The topological polar surface area (TPSA) is 61.8 Å². The number of likely N-dealkylation sites (tertiary alicyclic amines) is 1. The average Bonchev–Trinajstić information content (AvgIpc) is 3.06. The molecule has 6 heteroatoms. The maximum atomic E-state index is 11.2. The quantitative estimate of drug-likeness (QED) is 0.817. The summed E-state index contributed by atoms with van der Waals surface area (Å²) in [6.45, 7) is 2.56. The summed E-state index contributed by atoms with van der Waals surface area (Å²) >= 11 is 1.64. The Hall–Kier alpha value is -1.55. The number of rotatable bonds is 3. The minimum Gasteiger partial charge on any atom is -0.453 e. The van der Waals surface area contributed by atoms with Gasteiger partial charge in [-0.05, 0) is 18.6 Å². The first-order chi connectivity index (χ1) is 9.71. The number of alkyl carbamates (subject to hydrolysis) is 1. The van der Waals surface area contributed by atoms with Gasteiger partial charge in [-0.2, -0.15) is 0 Å². The molecule has 1 aliphatic heterocycles. The zero-order chi connectivity index (χ0) is 14.4. The lowest BCUT2D eigenvalue weighted by Gasteiger charge is -2.15. The zero-order valence-corrected chi connectivity index (χ0v) is 12.2. The van der Waals surface area contributed by atoms with Gasteiger partial charge in [-0.3, -0.25) is 4.90 Å². The Bertz CT molecular complexity index is 518. The fourth-order valence-electron chi connectivity index (χ4n) is 2.20. The smallest absolute Gasteiger partial charge is 0.407 e. The summed E-state index contributed by atoms with van der Waals surface area (Å²) in [5.74, 6) is 5.56. The first kappa shape index (κ1) is 14.9. The van der Waals surface area contributed by atoms with Crippen LogP contribution in [-0.4, -0.2) is 48.9 Å². The second-order valence-corrected chi connectivity index (χ2v) is 5.75. The monoisotopic (exact) mass is 294 g/mol. The zero-order valence-electron chi connectivity index (χ0n) is 11.4. The van der Waals surface area contributed by atoms with E-state index in [0.29, 0.717) is 0 Å². The molecule has 2 heterocycles. The number of carbonyl (C=O) groups is 1. The third-order valence-corrected chi connectivity index (χ3v) is 4.10. The number of carbonyl (C=O) groups excluding carboxylic acids is 1. The highest BCUT2D eigenvalue weighted by atomic mass is 32.1. The third kappa shape index (κ3) is 4.23. The van der Waals surface area contributed by atoms with Gasteiger partial charge in [0.05, 0.1) is 12.0 Å². The number of aliphatic hydroxyl groups is 1. The van der Waals surface area contributed by atoms with Crippen molar-refractivity contribution in [1.82, 2.24) is 10.2 Å². The van der Waals surface area contributed by atoms with E-state index in [1.54, 1.807) is 11.3 Å². The molecule has 1 unspecified atom stereocenters. The Morgan fingerprint density at radius 2 is 2.50 bits per heavy atom. The first-order valence-electron chi connectivity index (χ1n) is 6.46. The van der Waals surface area contributed by atoms with Gasteiger partial charge in [-0.15, -0.1) is 11.3 Å². The van der Waals surface area contributed by atoms with E-state index in [9.17, 15) is 4.79 Å². The number of hydrogen-bond donors (Lipinski definition) is 2. The van der Waals surface area contributed by atoms with Crippen LogP contribution in [0.25, 0.3) is 0 Å². The predicted octanol–water partition coefficient (Wildman–Crippen LogP) is 1.02. The van der Waals surface area contributed by atoms with Crippen LogP contribution >= 0.6 is 11.3 Å². The van der Waals surface area contributed by atoms with Crippen LogP contribution in [0.5, 0.6) is 0 Å². The maximum absolute atomic E-state index is 11.2. The molecule has 0 bridgehead atoms. The van der Waals surface area contributed by atoms with Gasteiger partial charge in [0.25, 0.3) is 0 Å². The molecule has 0 radical (unpaired) electrons. The van der Waals surface area contributed by atoms with Crippen molar-refractivity contribution in [3.8, 4) is 11.8 Å². The molecule has 1 amide bonds. The van der Waals surface area contributed by atoms with Crippen molar-refractivity contribution in [2.24, 2.45) is 0 Å². The summed E-state index contributed by atoms with van der Waals surface area (Å²) in [4.78, 5) is 15.7. The van der Waals surface area contributed by atoms with E-state index in [1.165, 1.54) is 12.0 Å². The van der Waals surface area contributed by atoms with Gasteiger partial charge in [0.2, 0.25) is 0 Å². The van der Waals surface area contributed by atoms with Crippen LogP contribution in [0.3, 0.4) is 0 Å². The van der Waals surface area contributed by atoms with E-state index in [2.05, 4.69) is 32.9 Å². The van der Waals surface area contributed by atoms with Crippen LogP contribution in [-0.2, 0) is 11.3 Å². The van der Waals surface area contributed by atoms with Crippen molar-refractivity contribution in [1.29, 1.82) is 0 Å². The summed E-state index contributed by atoms with van der Waals surface area (Å²) in [6, 6.07) is 4.20.